The van der Waals surface area contributed by atoms with Crippen molar-refractivity contribution in [1.29, 1.82) is 0 Å². The highest BCUT2D eigenvalue weighted by molar-refractivity contribution is 7.12. The molecule has 39 heavy (non-hydrogen) atoms. The average Bonchev–Trinajstić information content (AvgIpc) is 3.71. The molecule has 0 saturated carbocycles. The fraction of sp³-hybridized carbons (Fsp3) is 0.429. The minimum atomic E-state index is -0.114. The highest BCUT2D eigenvalue weighted by atomic mass is 32.1. The van der Waals surface area contributed by atoms with Crippen LogP contribution in [0.25, 0.3) is 11.3 Å². The highest BCUT2D eigenvalue weighted by Crippen LogP contribution is 2.31. The summed E-state index contributed by atoms with van der Waals surface area (Å²) in [6, 6.07) is 13.2. The quantitative estimate of drug-likeness (QED) is 0.400. The predicted molar refractivity (Wildman–Crippen MR) is 149 cm³/mol. The molecule has 3 aromatic rings. The number of piperazine rings is 1. The summed E-state index contributed by atoms with van der Waals surface area (Å²) in [5, 5.41) is 10.7. The second kappa shape index (κ2) is 12.4. The lowest BCUT2D eigenvalue weighted by atomic mass is 10.1. The van der Waals surface area contributed by atoms with Crippen molar-refractivity contribution in [3.8, 4) is 22.8 Å². The zero-order valence-corrected chi connectivity index (χ0v) is 23.1. The van der Waals surface area contributed by atoms with Crippen LogP contribution in [-0.2, 0) is 9.53 Å². The number of hydrogen-bond donors (Lipinski definition) is 0. The van der Waals surface area contributed by atoms with E-state index < -0.39 is 0 Å². The summed E-state index contributed by atoms with van der Waals surface area (Å²) >= 11 is 1.39. The maximum absolute atomic E-state index is 13.2. The number of aromatic nitrogens is 2. The molecule has 2 aromatic heterocycles. The molecular weight excluding hydrogens is 518 g/mol. The van der Waals surface area contributed by atoms with E-state index in [0.717, 1.165) is 29.9 Å². The topological polar surface area (TPSA) is 97.3 Å². The minimum absolute atomic E-state index is 0.0147. The van der Waals surface area contributed by atoms with Gasteiger partial charge in [0.25, 0.3) is 5.91 Å². The van der Waals surface area contributed by atoms with Crippen LogP contribution in [0.15, 0.2) is 47.8 Å². The van der Waals surface area contributed by atoms with Gasteiger partial charge in [-0.05, 0) is 54.6 Å². The summed E-state index contributed by atoms with van der Waals surface area (Å²) < 4.78 is 16.5. The number of benzene rings is 1. The summed E-state index contributed by atoms with van der Waals surface area (Å²) in [6.45, 7) is 3.58. The molecule has 1 atom stereocenters. The first kappa shape index (κ1) is 26.9. The summed E-state index contributed by atoms with van der Waals surface area (Å²) in [5.41, 5.74) is 1.61. The highest BCUT2D eigenvalue weighted by Gasteiger charge is 2.29. The van der Waals surface area contributed by atoms with E-state index in [2.05, 4.69) is 15.1 Å². The Kier molecular flexibility index (Phi) is 8.58. The Morgan fingerprint density at radius 2 is 1.87 bits per heavy atom. The summed E-state index contributed by atoms with van der Waals surface area (Å²) in [4.78, 5) is 32.6. The van der Waals surface area contributed by atoms with Gasteiger partial charge in [0.05, 0.1) is 30.9 Å². The van der Waals surface area contributed by atoms with Crippen LogP contribution < -0.4 is 14.4 Å². The molecule has 1 unspecified atom stereocenters. The van der Waals surface area contributed by atoms with Crippen LogP contribution in [0.5, 0.6) is 11.5 Å². The van der Waals surface area contributed by atoms with E-state index in [-0.39, 0.29) is 24.5 Å². The van der Waals surface area contributed by atoms with Crippen molar-refractivity contribution in [2.24, 2.45) is 0 Å². The summed E-state index contributed by atoms with van der Waals surface area (Å²) in [6.07, 6.45) is 1.88. The third kappa shape index (κ3) is 6.31. The van der Waals surface area contributed by atoms with E-state index in [9.17, 15) is 9.59 Å². The fourth-order valence-corrected chi connectivity index (χ4v) is 5.59. The van der Waals surface area contributed by atoms with E-state index in [0.29, 0.717) is 55.7 Å². The van der Waals surface area contributed by atoms with Crippen LogP contribution in [-0.4, -0.2) is 98.0 Å². The SMILES string of the molecule is COc1ccc(-c2ccc(N3CCN(C(=O)CN(CC4CCCO4)C(=O)c4cccs4)CC3)nn2)cc1OC. The first-order valence-corrected chi connectivity index (χ1v) is 14.0. The fourth-order valence-electron chi connectivity index (χ4n) is 4.90. The molecule has 206 valence electrons. The molecule has 11 heteroatoms. The Hall–Kier alpha value is -3.70. The maximum Gasteiger partial charge on any atom is 0.264 e. The molecule has 0 bridgehead atoms. The molecule has 0 radical (unpaired) electrons. The molecule has 2 amide bonds. The number of carbonyl (C=O) groups is 2. The number of carbonyl (C=O) groups excluding carboxylic acids is 2. The van der Waals surface area contributed by atoms with Crippen molar-refractivity contribution < 1.29 is 23.8 Å². The Morgan fingerprint density at radius 1 is 1.05 bits per heavy atom. The van der Waals surface area contributed by atoms with Crippen molar-refractivity contribution in [2.45, 2.75) is 18.9 Å². The van der Waals surface area contributed by atoms with Crippen molar-refractivity contribution >= 4 is 29.0 Å². The Labute approximate surface area is 232 Å². The maximum atomic E-state index is 13.2. The van der Waals surface area contributed by atoms with Crippen LogP contribution in [0, 0.1) is 0 Å². The van der Waals surface area contributed by atoms with Crippen LogP contribution in [0.3, 0.4) is 0 Å². The number of nitrogens with zero attached hydrogens (tertiary/aromatic N) is 5. The predicted octanol–water partition coefficient (Wildman–Crippen LogP) is 3.19. The van der Waals surface area contributed by atoms with Crippen molar-refractivity contribution in [2.75, 3.05) is 65.0 Å². The lowest BCUT2D eigenvalue weighted by Crippen LogP contribution is -2.52. The lowest BCUT2D eigenvalue weighted by molar-refractivity contribution is -0.132. The van der Waals surface area contributed by atoms with Gasteiger partial charge in [-0.25, -0.2) is 0 Å². The molecule has 0 aliphatic carbocycles. The smallest absolute Gasteiger partial charge is 0.264 e. The van der Waals surface area contributed by atoms with Gasteiger partial charge in [0.2, 0.25) is 5.91 Å². The number of amides is 2. The number of rotatable bonds is 9. The van der Waals surface area contributed by atoms with Gasteiger partial charge < -0.3 is 28.9 Å². The number of thiophene rings is 1. The molecule has 4 heterocycles. The van der Waals surface area contributed by atoms with E-state index in [1.54, 1.807) is 25.2 Å². The minimum Gasteiger partial charge on any atom is -0.493 e. The van der Waals surface area contributed by atoms with E-state index in [1.165, 1.54) is 11.3 Å². The zero-order chi connectivity index (χ0) is 27.2. The molecular formula is C28H33N5O5S. The molecule has 10 nitrogen and oxygen atoms in total. The third-order valence-corrected chi connectivity index (χ3v) is 7.94. The Balaban J connectivity index is 1.18. The summed E-state index contributed by atoms with van der Waals surface area (Å²) in [7, 11) is 3.20. The van der Waals surface area contributed by atoms with Gasteiger partial charge in [-0.1, -0.05) is 6.07 Å². The molecule has 5 rings (SSSR count). The van der Waals surface area contributed by atoms with Gasteiger partial charge in [0.1, 0.15) is 6.54 Å². The number of methoxy groups -OCH3 is 2. The standard InChI is InChI=1S/C28H33N5O5S/c1-36-23-9-7-20(17-24(23)37-2)22-8-10-26(30-29-22)31-11-13-32(14-12-31)27(34)19-33(18-21-5-3-15-38-21)28(35)25-6-4-16-39-25/h4,6-10,16-17,21H,3,5,11-15,18-19H2,1-2H3. The van der Waals surface area contributed by atoms with Crippen molar-refractivity contribution in [1.82, 2.24) is 20.0 Å². The summed E-state index contributed by atoms with van der Waals surface area (Å²) in [5.74, 6) is 1.89. The second-order valence-corrected chi connectivity index (χ2v) is 10.5. The van der Waals surface area contributed by atoms with Crippen LogP contribution in [0.1, 0.15) is 22.5 Å². The van der Waals surface area contributed by atoms with Gasteiger partial charge in [-0.2, -0.15) is 0 Å². The monoisotopic (exact) mass is 551 g/mol. The number of anilines is 1. The first-order chi connectivity index (χ1) is 19.1. The van der Waals surface area contributed by atoms with Gasteiger partial charge in [-0.15, -0.1) is 21.5 Å². The molecule has 0 spiro atoms. The normalized spacial score (nSPS) is 17.2. The van der Waals surface area contributed by atoms with Gasteiger partial charge in [-0.3, -0.25) is 9.59 Å². The largest absolute Gasteiger partial charge is 0.493 e. The Bertz CT molecular complexity index is 1260. The van der Waals surface area contributed by atoms with Gasteiger partial charge in [0, 0.05) is 44.9 Å². The average molecular weight is 552 g/mol. The molecule has 2 aliphatic rings. The van der Waals surface area contributed by atoms with Crippen LogP contribution in [0.4, 0.5) is 5.82 Å². The van der Waals surface area contributed by atoms with Crippen molar-refractivity contribution in [3.05, 3.63) is 52.7 Å². The van der Waals surface area contributed by atoms with Gasteiger partial charge in [0.15, 0.2) is 17.3 Å². The van der Waals surface area contributed by atoms with E-state index in [1.807, 2.05) is 46.7 Å². The first-order valence-electron chi connectivity index (χ1n) is 13.1. The van der Waals surface area contributed by atoms with Crippen LogP contribution >= 0.6 is 11.3 Å². The third-order valence-electron chi connectivity index (χ3n) is 7.08. The lowest BCUT2D eigenvalue weighted by Gasteiger charge is -2.36. The zero-order valence-electron chi connectivity index (χ0n) is 22.2. The van der Waals surface area contributed by atoms with Gasteiger partial charge >= 0.3 is 0 Å². The Morgan fingerprint density at radius 3 is 2.51 bits per heavy atom. The van der Waals surface area contributed by atoms with E-state index >= 15 is 0 Å². The number of hydrogen-bond acceptors (Lipinski definition) is 9. The van der Waals surface area contributed by atoms with Crippen molar-refractivity contribution in [3.63, 3.8) is 0 Å². The molecule has 2 aliphatic heterocycles. The molecule has 2 saturated heterocycles. The van der Waals surface area contributed by atoms with Crippen LogP contribution in [0.2, 0.25) is 0 Å². The molecule has 1 aromatic carbocycles. The van der Waals surface area contributed by atoms with E-state index in [4.69, 9.17) is 14.2 Å². The molecule has 2 fully saturated rings. The molecule has 0 N–H and O–H groups in total. The number of ether oxygens (including phenoxy) is 3. The second-order valence-electron chi connectivity index (χ2n) is 9.51.